The normalized spacial score (nSPS) is 20.8. The molecule has 0 radical (unpaired) electrons. The summed E-state index contributed by atoms with van der Waals surface area (Å²) < 4.78 is 66.4. The fourth-order valence-electron chi connectivity index (χ4n) is 3.75. The molecule has 0 aromatic heterocycles. The highest BCUT2D eigenvalue weighted by atomic mass is 32.1. The molecule has 0 heterocycles. The summed E-state index contributed by atoms with van der Waals surface area (Å²) in [6.07, 6.45) is -1.78. The summed E-state index contributed by atoms with van der Waals surface area (Å²) in [5.41, 5.74) is 0.135. The zero-order valence-corrected chi connectivity index (χ0v) is 29.1. The van der Waals surface area contributed by atoms with E-state index in [4.69, 9.17) is 5.41 Å². The third-order valence-corrected chi connectivity index (χ3v) is 16.4. The summed E-state index contributed by atoms with van der Waals surface area (Å²) in [4.78, 5) is 65.2. The van der Waals surface area contributed by atoms with Crippen LogP contribution in [0.1, 0.15) is 44.9 Å². The molecule has 0 aromatic rings. The molecular formula is C20H43N3O16P4S. The van der Waals surface area contributed by atoms with Gasteiger partial charge in [-0.05, 0) is 31.4 Å². The lowest BCUT2D eigenvalue weighted by atomic mass is 9.93. The third-order valence-electron chi connectivity index (χ3n) is 6.56. The van der Waals surface area contributed by atoms with Crippen molar-refractivity contribution < 1.29 is 75.7 Å². The van der Waals surface area contributed by atoms with E-state index in [1.165, 1.54) is 0 Å². The molecule has 0 saturated heterocycles. The van der Waals surface area contributed by atoms with Crippen molar-refractivity contribution in [2.24, 2.45) is 5.92 Å². The Labute approximate surface area is 260 Å². The van der Waals surface area contributed by atoms with Gasteiger partial charge in [0.2, 0.25) is 11.8 Å². The van der Waals surface area contributed by atoms with E-state index >= 15 is 0 Å². The van der Waals surface area contributed by atoms with Crippen LogP contribution in [-0.4, -0.2) is 105 Å². The van der Waals surface area contributed by atoms with E-state index < -0.39 is 84.2 Å². The Hall–Kier alpha value is -0.520. The number of thiol groups is 1. The van der Waals surface area contributed by atoms with Gasteiger partial charge in [-0.15, -0.1) is 0 Å². The molecule has 0 rings (SSSR count). The molecule has 0 spiro atoms. The highest BCUT2D eigenvalue weighted by Gasteiger charge is 2.62. The number of rotatable bonds is 23. The Balaban J connectivity index is 5.61. The predicted octanol–water partition coefficient (Wildman–Crippen LogP) is 1.13. The van der Waals surface area contributed by atoms with Crippen LogP contribution in [-0.2, 0) is 45.9 Å². The van der Waals surface area contributed by atoms with Gasteiger partial charge in [0, 0.05) is 72.4 Å². The lowest BCUT2D eigenvalue weighted by Crippen LogP contribution is -2.39. The maximum absolute atomic E-state index is 13.0. The van der Waals surface area contributed by atoms with Crippen LogP contribution in [0, 0.1) is 11.3 Å². The van der Waals surface area contributed by atoms with Gasteiger partial charge in [0.15, 0.2) is 0 Å². The molecule has 0 aliphatic rings. The van der Waals surface area contributed by atoms with Crippen LogP contribution in [0.15, 0.2) is 0 Å². The smallest absolute Gasteiger partial charge is 0.367 e. The molecule has 0 aliphatic heterocycles. The molecule has 0 saturated carbocycles. The first-order chi connectivity index (χ1) is 20.1. The van der Waals surface area contributed by atoms with Crippen molar-refractivity contribution in [1.82, 2.24) is 10.6 Å². The molecule has 19 nitrogen and oxygen atoms in total. The lowest BCUT2D eigenvalue weighted by Gasteiger charge is -2.33. The Kier molecular flexibility index (Phi) is 17.9. The standard InChI is InChI=1S/C20H43N3O16P4S/c1-36-40(28,29)19(26,41(30,31)37-2)9-11-22-17(24)8-7-15(14-16(21)6-5-13-44)18(25)23-12-10-20(27,42(32,33)38-3)43(34,35)39-4/h15,21,26-27,44H,5-14H2,1-4H3,(H,22,24)(H,23,25)(H,28,29)(H,30,31)(H,32,33)(H,34,35)/t15-/m1/s1. The molecule has 24 heteroatoms. The largest absolute Gasteiger partial charge is 0.371 e. The Morgan fingerprint density at radius 3 is 1.52 bits per heavy atom. The van der Waals surface area contributed by atoms with Crippen molar-refractivity contribution >= 4 is 60.5 Å². The van der Waals surface area contributed by atoms with Crippen molar-refractivity contribution in [2.75, 3.05) is 47.3 Å². The second kappa shape index (κ2) is 18.1. The number of amides is 2. The average molecular weight is 738 g/mol. The van der Waals surface area contributed by atoms with Gasteiger partial charge in [-0.3, -0.25) is 27.8 Å². The van der Waals surface area contributed by atoms with Crippen LogP contribution in [0.2, 0.25) is 0 Å². The van der Waals surface area contributed by atoms with Crippen molar-refractivity contribution in [3.8, 4) is 0 Å². The lowest BCUT2D eigenvalue weighted by molar-refractivity contribution is -0.126. The number of carbonyl (C=O) groups is 2. The Morgan fingerprint density at radius 1 is 0.773 bits per heavy atom. The minimum absolute atomic E-state index is 0.132. The topological polar surface area (TPSA) is 309 Å². The first-order valence-electron chi connectivity index (χ1n) is 12.8. The van der Waals surface area contributed by atoms with Crippen molar-refractivity contribution in [2.45, 2.75) is 55.1 Å². The van der Waals surface area contributed by atoms with E-state index in [0.29, 0.717) is 12.2 Å². The second-order valence-electron chi connectivity index (χ2n) is 9.37. The van der Waals surface area contributed by atoms with Gasteiger partial charge in [0.1, 0.15) is 0 Å². The minimum atomic E-state index is -5.15. The fourth-order valence-corrected chi connectivity index (χ4v) is 10.2. The van der Waals surface area contributed by atoms with Gasteiger partial charge in [-0.25, -0.2) is 0 Å². The third kappa shape index (κ3) is 11.0. The van der Waals surface area contributed by atoms with E-state index in [2.05, 4.69) is 41.4 Å². The van der Waals surface area contributed by atoms with E-state index in [-0.39, 0.29) is 31.4 Å². The molecule has 44 heavy (non-hydrogen) atoms. The van der Waals surface area contributed by atoms with E-state index in [9.17, 15) is 57.6 Å². The molecule has 0 aromatic carbocycles. The van der Waals surface area contributed by atoms with Crippen LogP contribution in [0.3, 0.4) is 0 Å². The van der Waals surface area contributed by atoms with Crippen molar-refractivity contribution in [3.05, 3.63) is 0 Å². The number of aliphatic hydroxyl groups is 2. The average Bonchev–Trinajstić information content (AvgIpc) is 2.97. The van der Waals surface area contributed by atoms with E-state index in [1.54, 1.807) is 0 Å². The van der Waals surface area contributed by atoms with Crippen LogP contribution in [0.25, 0.3) is 0 Å². The molecule has 0 fully saturated rings. The molecule has 0 aliphatic carbocycles. The summed E-state index contributed by atoms with van der Waals surface area (Å²) in [7, 11) is -17.7. The van der Waals surface area contributed by atoms with E-state index in [0.717, 1.165) is 28.4 Å². The first kappa shape index (κ1) is 43.5. The zero-order chi connectivity index (χ0) is 34.6. The molecule has 5 atom stereocenters. The molecule has 0 bridgehead atoms. The number of hydrogen-bond acceptors (Lipinski definition) is 14. The van der Waals surface area contributed by atoms with Gasteiger partial charge in [0.25, 0.3) is 10.2 Å². The van der Waals surface area contributed by atoms with Crippen LogP contribution in [0.5, 0.6) is 0 Å². The molecular weight excluding hydrogens is 694 g/mol. The molecule has 260 valence electrons. The van der Waals surface area contributed by atoms with Crippen LogP contribution < -0.4 is 10.6 Å². The summed E-state index contributed by atoms with van der Waals surface area (Å²) in [6.45, 7) is -1.21. The van der Waals surface area contributed by atoms with Gasteiger partial charge < -0.3 is 63.9 Å². The summed E-state index contributed by atoms with van der Waals surface area (Å²) in [6, 6.07) is 0. The predicted molar refractivity (Wildman–Crippen MR) is 161 cm³/mol. The molecule has 2 amide bonds. The Bertz CT molecular complexity index is 1140. The highest BCUT2D eigenvalue weighted by Crippen LogP contribution is 2.73. The minimum Gasteiger partial charge on any atom is -0.367 e. The Morgan fingerprint density at radius 2 is 1.16 bits per heavy atom. The van der Waals surface area contributed by atoms with Gasteiger partial charge in [-0.1, -0.05) is 0 Å². The number of hydrogen-bond donors (Lipinski definition) is 10. The highest BCUT2D eigenvalue weighted by molar-refractivity contribution is 7.80. The van der Waals surface area contributed by atoms with Crippen molar-refractivity contribution in [3.63, 3.8) is 0 Å². The molecule has 9 N–H and O–H groups in total. The van der Waals surface area contributed by atoms with Gasteiger partial charge in [0.05, 0.1) is 0 Å². The van der Waals surface area contributed by atoms with Gasteiger partial charge >= 0.3 is 30.4 Å². The maximum Gasteiger partial charge on any atom is 0.371 e. The quantitative estimate of drug-likeness (QED) is 0.0399. The van der Waals surface area contributed by atoms with Crippen LogP contribution >= 0.6 is 43.0 Å². The monoisotopic (exact) mass is 737 g/mol. The zero-order valence-electron chi connectivity index (χ0n) is 24.7. The summed E-state index contributed by atoms with van der Waals surface area (Å²) in [5.74, 6) is -2.11. The second-order valence-corrected chi connectivity index (χ2v) is 19.1. The van der Waals surface area contributed by atoms with Gasteiger partial charge in [-0.2, -0.15) is 12.6 Å². The molecule has 4 unspecified atom stereocenters. The van der Waals surface area contributed by atoms with E-state index in [1.807, 2.05) is 0 Å². The van der Waals surface area contributed by atoms with Crippen molar-refractivity contribution in [1.29, 1.82) is 5.41 Å². The summed E-state index contributed by atoms with van der Waals surface area (Å²) in [5, 5.41) is 27.3. The van der Waals surface area contributed by atoms with Crippen LogP contribution in [0.4, 0.5) is 0 Å². The summed E-state index contributed by atoms with van der Waals surface area (Å²) >= 11 is 4.07. The fraction of sp³-hybridized carbons (Fsp3) is 0.850. The SMILES string of the molecule is COP(=O)(O)C(O)(CCNC(=O)CC[C@H](CC(=N)CCCS)C(=O)NCCC(O)(P(=O)(O)OC)P(=O)(O)OC)P(=O)(O)OC. The number of carbonyl (C=O) groups excluding carboxylic acids is 2. The maximum atomic E-state index is 13.0. The number of nitrogens with one attached hydrogen (secondary N) is 3. The first-order valence-corrected chi connectivity index (χ1v) is 19.7.